The number of fused-ring (bicyclic) bond motifs is 1. The van der Waals surface area contributed by atoms with Gasteiger partial charge in [0.2, 0.25) is 5.55 Å². The van der Waals surface area contributed by atoms with Crippen molar-refractivity contribution in [1.29, 1.82) is 0 Å². The highest BCUT2D eigenvalue weighted by Gasteiger charge is 2.12. The summed E-state index contributed by atoms with van der Waals surface area (Å²) < 4.78 is 10.9. The van der Waals surface area contributed by atoms with E-state index in [0.29, 0.717) is 16.7 Å². The van der Waals surface area contributed by atoms with Crippen LogP contribution in [0.1, 0.15) is 10.4 Å². The molecule has 0 saturated heterocycles. The van der Waals surface area contributed by atoms with Gasteiger partial charge < -0.3 is 14.9 Å². The number of primary amides is 1. The Labute approximate surface area is 145 Å². The van der Waals surface area contributed by atoms with E-state index in [1.54, 1.807) is 18.2 Å². The number of nitrogens with zero attached hydrogens (tertiary/aromatic N) is 2. The third-order valence-corrected chi connectivity index (χ3v) is 3.67. The van der Waals surface area contributed by atoms with Gasteiger partial charge in [-0.15, -0.1) is 5.10 Å². The van der Waals surface area contributed by atoms with Crippen LogP contribution in [0.4, 0.5) is 5.69 Å². The number of para-hydroxylation sites is 1. The number of nitrogens with one attached hydrogen (secondary N) is 2. The first kappa shape index (κ1) is 16.5. The average Bonchev–Trinajstić information content (AvgIpc) is 2.61. The second-order valence-electron chi connectivity index (χ2n) is 4.86. The number of anilines is 1. The van der Waals surface area contributed by atoms with Crippen LogP contribution in [0, 0.1) is 0 Å². The second kappa shape index (κ2) is 6.65. The summed E-state index contributed by atoms with van der Waals surface area (Å²) in [6.07, 6.45) is 1.26. The van der Waals surface area contributed by atoms with Gasteiger partial charge in [0.25, 0.3) is 11.5 Å². The van der Waals surface area contributed by atoms with E-state index in [4.69, 9.17) is 26.5 Å². The van der Waals surface area contributed by atoms with E-state index in [1.165, 1.54) is 19.4 Å². The van der Waals surface area contributed by atoms with Crippen LogP contribution in [0.15, 0.2) is 44.8 Å². The summed E-state index contributed by atoms with van der Waals surface area (Å²) in [5.41, 5.74) is 7.80. The van der Waals surface area contributed by atoms with Crippen molar-refractivity contribution >= 4 is 34.2 Å². The number of ether oxygens (including phenoxy) is 1. The van der Waals surface area contributed by atoms with Gasteiger partial charge in [0.05, 0.1) is 13.3 Å². The number of halogens is 1. The molecule has 128 valence electrons. The van der Waals surface area contributed by atoms with E-state index in [2.05, 4.69) is 20.7 Å². The Bertz CT molecular complexity index is 1090. The lowest BCUT2D eigenvalue weighted by atomic mass is 10.1. The fraction of sp³-hybridized carbons (Fsp3) is 0.0667. The highest BCUT2D eigenvalue weighted by molar-refractivity contribution is 6.32. The van der Waals surface area contributed by atoms with Gasteiger partial charge in [0.15, 0.2) is 11.3 Å². The molecule has 0 radical (unpaired) electrons. The van der Waals surface area contributed by atoms with Crippen LogP contribution in [-0.4, -0.2) is 23.2 Å². The maximum atomic E-state index is 11.7. The normalized spacial score (nSPS) is 11.5. The molecule has 9 nitrogen and oxygen atoms in total. The number of hydrogen-bond donors (Lipinski definition) is 3. The Balaban J connectivity index is 2.19. The lowest BCUT2D eigenvalue weighted by Crippen LogP contribution is -2.23. The van der Waals surface area contributed by atoms with E-state index in [1.807, 2.05) is 0 Å². The Kier molecular flexibility index (Phi) is 4.40. The third kappa shape index (κ3) is 3.17. The van der Waals surface area contributed by atoms with Gasteiger partial charge in [0.1, 0.15) is 16.3 Å². The van der Waals surface area contributed by atoms with Gasteiger partial charge in [-0.1, -0.05) is 23.7 Å². The van der Waals surface area contributed by atoms with E-state index in [0.717, 1.165) is 0 Å². The Hall–Kier alpha value is -3.33. The molecule has 0 aliphatic carbocycles. The summed E-state index contributed by atoms with van der Waals surface area (Å²) >= 11 is 5.86. The quantitative estimate of drug-likeness (QED) is 0.597. The molecule has 4 N–H and O–H groups in total. The summed E-state index contributed by atoms with van der Waals surface area (Å²) in [4.78, 5) is 23.1. The highest BCUT2D eigenvalue weighted by Crippen LogP contribution is 2.24. The fourth-order valence-electron chi connectivity index (χ4n) is 2.12. The predicted molar refractivity (Wildman–Crippen MR) is 90.3 cm³/mol. The molecule has 0 bridgehead atoms. The summed E-state index contributed by atoms with van der Waals surface area (Å²) in [6, 6.07) is 6.72. The zero-order valence-corrected chi connectivity index (χ0v) is 13.6. The fourth-order valence-corrected chi connectivity index (χ4v) is 2.25. The van der Waals surface area contributed by atoms with Crippen molar-refractivity contribution in [2.75, 3.05) is 12.5 Å². The topological polar surface area (TPSA) is 136 Å². The number of amides is 1. The van der Waals surface area contributed by atoms with E-state index in [-0.39, 0.29) is 21.8 Å². The minimum atomic E-state index is -0.732. The maximum absolute atomic E-state index is 11.7. The average molecular weight is 362 g/mol. The van der Waals surface area contributed by atoms with Crippen LogP contribution in [0.2, 0.25) is 5.02 Å². The molecule has 1 aromatic carbocycles. The molecular weight excluding hydrogens is 350 g/mol. The lowest BCUT2D eigenvalue weighted by Gasteiger charge is -2.06. The largest absolute Gasteiger partial charge is 0.493 e. The van der Waals surface area contributed by atoms with Gasteiger partial charge >= 0.3 is 0 Å². The Morgan fingerprint density at radius 2 is 2.28 bits per heavy atom. The van der Waals surface area contributed by atoms with Gasteiger partial charge in [0, 0.05) is 5.39 Å². The van der Waals surface area contributed by atoms with Crippen LogP contribution in [-0.2, 0) is 0 Å². The molecule has 25 heavy (non-hydrogen) atoms. The van der Waals surface area contributed by atoms with Crippen LogP contribution in [0.25, 0.3) is 11.0 Å². The molecular formula is C15H12ClN5O4. The molecule has 10 heteroatoms. The van der Waals surface area contributed by atoms with Crippen LogP contribution < -0.4 is 27.0 Å². The van der Waals surface area contributed by atoms with Gasteiger partial charge in [-0.05, 0) is 12.1 Å². The molecule has 0 spiro atoms. The van der Waals surface area contributed by atoms with Crippen molar-refractivity contribution in [3.8, 4) is 5.75 Å². The number of aromatic amines is 1. The summed E-state index contributed by atoms with van der Waals surface area (Å²) in [7, 11) is 1.49. The number of benzene rings is 1. The van der Waals surface area contributed by atoms with E-state index >= 15 is 0 Å². The number of rotatable bonds is 4. The molecule has 2 heterocycles. The van der Waals surface area contributed by atoms with Gasteiger partial charge in [-0.25, -0.2) is 5.10 Å². The third-order valence-electron chi connectivity index (χ3n) is 3.30. The predicted octanol–water partition coefficient (Wildman–Crippen LogP) is 1.20. The zero-order chi connectivity index (χ0) is 18.0. The van der Waals surface area contributed by atoms with Crippen molar-refractivity contribution in [1.82, 2.24) is 10.2 Å². The molecule has 3 rings (SSSR count). The smallest absolute Gasteiger partial charge is 0.285 e. The molecule has 0 atom stereocenters. The Morgan fingerprint density at radius 1 is 1.48 bits per heavy atom. The van der Waals surface area contributed by atoms with Crippen molar-refractivity contribution in [2.45, 2.75) is 0 Å². The summed E-state index contributed by atoms with van der Waals surface area (Å²) in [5.74, 6) is -0.273. The lowest BCUT2D eigenvalue weighted by molar-refractivity contribution is 0.0996. The first-order valence-corrected chi connectivity index (χ1v) is 7.32. The minimum absolute atomic E-state index is 0.0437. The van der Waals surface area contributed by atoms with Gasteiger partial charge in [-0.3, -0.25) is 15.0 Å². The number of hydrogen-bond acceptors (Lipinski definition) is 7. The molecule has 1 amide bonds. The number of carbonyl (C=O) groups is 1. The molecule has 0 unspecified atom stereocenters. The molecule has 0 saturated carbocycles. The molecule has 0 aliphatic heterocycles. The molecule has 0 fully saturated rings. The Morgan fingerprint density at radius 3 is 3.00 bits per heavy atom. The summed E-state index contributed by atoms with van der Waals surface area (Å²) in [5, 5.41) is 10.2. The van der Waals surface area contributed by atoms with E-state index in [9.17, 15) is 9.59 Å². The van der Waals surface area contributed by atoms with Crippen LogP contribution in [0.5, 0.6) is 5.75 Å². The van der Waals surface area contributed by atoms with Crippen LogP contribution >= 0.6 is 11.6 Å². The summed E-state index contributed by atoms with van der Waals surface area (Å²) in [6.45, 7) is 0. The molecule has 0 aliphatic rings. The van der Waals surface area contributed by atoms with Gasteiger partial charge in [-0.2, -0.15) is 5.10 Å². The first-order chi connectivity index (χ1) is 12.0. The maximum Gasteiger partial charge on any atom is 0.285 e. The number of carbonyl (C=O) groups excluding carboxylic acids is 1. The first-order valence-electron chi connectivity index (χ1n) is 6.95. The zero-order valence-electron chi connectivity index (χ0n) is 12.9. The number of methoxy groups -OCH3 is 1. The van der Waals surface area contributed by atoms with Crippen molar-refractivity contribution in [3.05, 3.63) is 57.0 Å². The number of nitrogens with two attached hydrogens (primary N) is 1. The van der Waals surface area contributed by atoms with Crippen LogP contribution in [0.3, 0.4) is 0 Å². The standard InChI is InChI=1S/C15H12ClN5O4/c1-24-10-4-2-3-7-5-8(13(17)22)15(25-12(7)10)21-19-9-6-18-20-14(23)11(9)16/h2-6H,1H3,(H2,17,22)(H2,19,20,23)/b21-15-. The number of aromatic nitrogens is 2. The van der Waals surface area contributed by atoms with E-state index < -0.39 is 11.5 Å². The molecule has 2 aromatic heterocycles. The second-order valence-corrected chi connectivity index (χ2v) is 5.24. The van der Waals surface area contributed by atoms with Crippen molar-refractivity contribution in [2.24, 2.45) is 10.8 Å². The SMILES string of the molecule is COc1cccc2cc(C(N)=O)/c(=N/Nc3cn[nH]c(=O)c3Cl)oc12. The van der Waals surface area contributed by atoms with Crippen molar-refractivity contribution < 1.29 is 13.9 Å². The van der Waals surface area contributed by atoms with Crippen molar-refractivity contribution in [3.63, 3.8) is 0 Å². The highest BCUT2D eigenvalue weighted by atomic mass is 35.5. The minimum Gasteiger partial charge on any atom is -0.493 e. The molecule has 3 aromatic rings. The number of H-pyrrole nitrogens is 1. The monoisotopic (exact) mass is 361 g/mol.